The molecule has 1 atom stereocenters. The Morgan fingerprint density at radius 2 is 2.19 bits per heavy atom. The third-order valence-electron chi connectivity index (χ3n) is 4.10. The standard InChI is InChI=1S/C16H22N2O2S/c1-20-12-2-3-16-13(10-12)14(11-21-16)15(19)4-7-18-8-5-17-6-9-18/h2-3,10-11,15,17,19H,4-9H2,1H3. The first kappa shape index (κ1) is 14.8. The number of rotatable bonds is 5. The van der Waals surface area contributed by atoms with Gasteiger partial charge in [0.05, 0.1) is 13.2 Å². The van der Waals surface area contributed by atoms with E-state index in [4.69, 9.17) is 4.74 Å². The number of aliphatic hydroxyl groups excluding tert-OH is 1. The monoisotopic (exact) mass is 306 g/mol. The lowest BCUT2D eigenvalue weighted by Gasteiger charge is -2.27. The summed E-state index contributed by atoms with van der Waals surface area (Å²) in [5.74, 6) is 0.844. The van der Waals surface area contributed by atoms with Crippen LogP contribution in [0.4, 0.5) is 0 Å². The molecular formula is C16H22N2O2S. The van der Waals surface area contributed by atoms with E-state index >= 15 is 0 Å². The summed E-state index contributed by atoms with van der Waals surface area (Å²) in [6, 6.07) is 6.05. The van der Waals surface area contributed by atoms with E-state index in [-0.39, 0.29) is 0 Å². The first-order chi connectivity index (χ1) is 10.3. The fourth-order valence-corrected chi connectivity index (χ4v) is 3.80. The van der Waals surface area contributed by atoms with E-state index in [9.17, 15) is 5.11 Å². The molecule has 0 bridgehead atoms. The molecule has 0 radical (unpaired) electrons. The van der Waals surface area contributed by atoms with Gasteiger partial charge < -0.3 is 20.1 Å². The quantitative estimate of drug-likeness (QED) is 0.889. The summed E-state index contributed by atoms with van der Waals surface area (Å²) < 4.78 is 6.49. The van der Waals surface area contributed by atoms with Gasteiger partial charge >= 0.3 is 0 Å². The van der Waals surface area contributed by atoms with Gasteiger partial charge in [-0.2, -0.15) is 0 Å². The zero-order valence-corrected chi connectivity index (χ0v) is 13.2. The first-order valence-electron chi connectivity index (χ1n) is 7.44. The van der Waals surface area contributed by atoms with Crippen LogP contribution >= 0.6 is 11.3 Å². The van der Waals surface area contributed by atoms with Gasteiger partial charge in [0.25, 0.3) is 0 Å². The highest BCUT2D eigenvalue weighted by Gasteiger charge is 2.16. The van der Waals surface area contributed by atoms with E-state index in [2.05, 4.69) is 21.7 Å². The van der Waals surface area contributed by atoms with Crippen LogP contribution in [0.5, 0.6) is 5.75 Å². The molecule has 2 aromatic rings. The SMILES string of the molecule is COc1ccc2scc(C(O)CCN3CCNCC3)c2c1. The van der Waals surface area contributed by atoms with Crippen LogP contribution < -0.4 is 10.1 Å². The number of hydrogen-bond donors (Lipinski definition) is 2. The van der Waals surface area contributed by atoms with Crippen molar-refractivity contribution in [3.8, 4) is 5.75 Å². The molecule has 1 aliphatic heterocycles. The summed E-state index contributed by atoms with van der Waals surface area (Å²) in [5, 5.41) is 17.1. The van der Waals surface area contributed by atoms with E-state index in [1.807, 2.05) is 12.1 Å². The number of piperazine rings is 1. The third-order valence-corrected chi connectivity index (χ3v) is 5.08. The van der Waals surface area contributed by atoms with Crippen LogP contribution in [0.1, 0.15) is 18.1 Å². The molecule has 114 valence electrons. The van der Waals surface area contributed by atoms with Gasteiger partial charge in [-0.25, -0.2) is 0 Å². The Morgan fingerprint density at radius 3 is 2.95 bits per heavy atom. The van der Waals surface area contributed by atoms with Crippen molar-refractivity contribution in [1.82, 2.24) is 10.2 Å². The summed E-state index contributed by atoms with van der Waals surface area (Å²) >= 11 is 1.68. The largest absolute Gasteiger partial charge is 0.497 e. The average Bonchev–Trinajstić information content (AvgIpc) is 2.96. The van der Waals surface area contributed by atoms with Crippen LogP contribution in [0.3, 0.4) is 0 Å². The minimum atomic E-state index is -0.402. The number of benzene rings is 1. The Morgan fingerprint density at radius 1 is 1.38 bits per heavy atom. The average molecular weight is 306 g/mol. The third kappa shape index (κ3) is 3.37. The molecule has 1 saturated heterocycles. The van der Waals surface area contributed by atoms with E-state index in [0.717, 1.165) is 55.8 Å². The van der Waals surface area contributed by atoms with Crippen molar-refractivity contribution in [1.29, 1.82) is 0 Å². The summed E-state index contributed by atoms with van der Waals surface area (Å²) in [6.07, 6.45) is 0.379. The molecule has 1 aromatic carbocycles. The van der Waals surface area contributed by atoms with Crippen molar-refractivity contribution in [3.63, 3.8) is 0 Å². The number of hydrogen-bond acceptors (Lipinski definition) is 5. The number of ether oxygens (including phenoxy) is 1. The van der Waals surface area contributed by atoms with E-state index in [0.29, 0.717) is 0 Å². The Kier molecular flexibility index (Phi) is 4.75. The molecule has 1 aliphatic rings. The number of aliphatic hydroxyl groups is 1. The minimum absolute atomic E-state index is 0.402. The van der Waals surface area contributed by atoms with Crippen LogP contribution in [0.2, 0.25) is 0 Å². The Labute approximate surface area is 129 Å². The molecule has 0 spiro atoms. The molecule has 21 heavy (non-hydrogen) atoms. The van der Waals surface area contributed by atoms with Gasteiger partial charge in [-0.15, -0.1) is 11.3 Å². The highest BCUT2D eigenvalue weighted by molar-refractivity contribution is 7.17. The molecule has 0 saturated carbocycles. The number of nitrogens with zero attached hydrogens (tertiary/aromatic N) is 1. The minimum Gasteiger partial charge on any atom is -0.497 e. The zero-order chi connectivity index (χ0) is 14.7. The summed E-state index contributed by atoms with van der Waals surface area (Å²) in [6.45, 7) is 5.20. The molecule has 4 nitrogen and oxygen atoms in total. The lowest BCUT2D eigenvalue weighted by molar-refractivity contribution is 0.138. The Bertz CT molecular complexity index is 593. The fraction of sp³-hybridized carbons (Fsp3) is 0.500. The molecule has 3 rings (SSSR count). The van der Waals surface area contributed by atoms with Crippen molar-refractivity contribution in [2.24, 2.45) is 0 Å². The number of methoxy groups -OCH3 is 1. The van der Waals surface area contributed by atoms with Crippen LogP contribution in [-0.2, 0) is 0 Å². The van der Waals surface area contributed by atoms with Crippen molar-refractivity contribution >= 4 is 21.4 Å². The number of thiophene rings is 1. The zero-order valence-electron chi connectivity index (χ0n) is 12.3. The van der Waals surface area contributed by atoms with E-state index in [1.165, 1.54) is 4.70 Å². The number of fused-ring (bicyclic) bond motifs is 1. The maximum atomic E-state index is 10.5. The predicted octanol–water partition coefficient (Wildman–Crippen LogP) is 2.24. The smallest absolute Gasteiger partial charge is 0.119 e. The van der Waals surface area contributed by atoms with E-state index in [1.54, 1.807) is 18.4 Å². The molecule has 1 unspecified atom stereocenters. The lowest BCUT2D eigenvalue weighted by Crippen LogP contribution is -2.44. The van der Waals surface area contributed by atoms with Crippen LogP contribution in [0.15, 0.2) is 23.6 Å². The molecular weight excluding hydrogens is 284 g/mol. The first-order valence-corrected chi connectivity index (χ1v) is 8.32. The van der Waals surface area contributed by atoms with Gasteiger partial charge in [0, 0.05) is 42.8 Å². The molecule has 0 aliphatic carbocycles. The second-order valence-corrected chi connectivity index (χ2v) is 6.36. The molecule has 0 amide bonds. The maximum Gasteiger partial charge on any atom is 0.119 e. The van der Waals surface area contributed by atoms with Gasteiger partial charge in [0.1, 0.15) is 5.75 Å². The van der Waals surface area contributed by atoms with Gasteiger partial charge in [0.15, 0.2) is 0 Å². The maximum absolute atomic E-state index is 10.5. The summed E-state index contributed by atoms with van der Waals surface area (Å²) in [4.78, 5) is 2.41. The Hall–Kier alpha value is -1.14. The van der Waals surface area contributed by atoms with Gasteiger partial charge in [-0.05, 0) is 35.6 Å². The van der Waals surface area contributed by atoms with Crippen molar-refractivity contribution in [3.05, 3.63) is 29.1 Å². The highest BCUT2D eigenvalue weighted by Crippen LogP contribution is 2.34. The molecule has 5 heteroatoms. The second kappa shape index (κ2) is 6.75. The van der Waals surface area contributed by atoms with E-state index < -0.39 is 6.10 Å². The van der Waals surface area contributed by atoms with Gasteiger partial charge in [-0.1, -0.05) is 0 Å². The number of nitrogens with one attached hydrogen (secondary N) is 1. The lowest BCUT2D eigenvalue weighted by atomic mass is 10.0. The predicted molar refractivity (Wildman–Crippen MR) is 87.3 cm³/mol. The van der Waals surface area contributed by atoms with Gasteiger partial charge in [-0.3, -0.25) is 0 Å². The van der Waals surface area contributed by atoms with Crippen molar-refractivity contribution in [2.75, 3.05) is 39.8 Å². The normalized spacial score (nSPS) is 18.0. The summed E-state index contributed by atoms with van der Waals surface area (Å²) in [7, 11) is 1.67. The second-order valence-electron chi connectivity index (χ2n) is 5.45. The van der Waals surface area contributed by atoms with Crippen LogP contribution in [0, 0.1) is 0 Å². The highest BCUT2D eigenvalue weighted by atomic mass is 32.1. The van der Waals surface area contributed by atoms with Crippen LogP contribution in [-0.4, -0.2) is 49.8 Å². The fourth-order valence-electron chi connectivity index (χ4n) is 2.81. The molecule has 1 fully saturated rings. The molecule has 2 N–H and O–H groups in total. The Balaban J connectivity index is 1.70. The van der Waals surface area contributed by atoms with Crippen molar-refractivity contribution < 1.29 is 9.84 Å². The van der Waals surface area contributed by atoms with Crippen LogP contribution in [0.25, 0.3) is 10.1 Å². The topological polar surface area (TPSA) is 44.7 Å². The van der Waals surface area contributed by atoms with Gasteiger partial charge in [0.2, 0.25) is 0 Å². The molecule has 2 heterocycles. The molecule has 1 aromatic heterocycles. The summed E-state index contributed by atoms with van der Waals surface area (Å²) in [5.41, 5.74) is 1.03. The van der Waals surface area contributed by atoms with Crippen molar-refractivity contribution in [2.45, 2.75) is 12.5 Å².